The first-order chi connectivity index (χ1) is 12.1. The van der Waals surface area contributed by atoms with Gasteiger partial charge in [-0.15, -0.1) is 0 Å². The van der Waals surface area contributed by atoms with Crippen molar-refractivity contribution >= 4 is 45.3 Å². The van der Waals surface area contributed by atoms with Crippen LogP contribution >= 0.6 is 23.2 Å². The van der Waals surface area contributed by atoms with Crippen LogP contribution in [-0.2, 0) is 6.54 Å². The normalized spacial score (nSPS) is 11.3. The minimum atomic E-state index is -0.248. The predicted octanol–water partition coefficient (Wildman–Crippen LogP) is 4.53. The van der Waals surface area contributed by atoms with Gasteiger partial charge in [-0.25, -0.2) is 4.98 Å². The van der Waals surface area contributed by atoms with Crippen LogP contribution in [0.3, 0.4) is 0 Å². The molecule has 2 heterocycles. The highest BCUT2D eigenvalue weighted by atomic mass is 35.5. The fourth-order valence-corrected chi connectivity index (χ4v) is 2.95. The smallest absolute Gasteiger partial charge is 0.297 e. The lowest BCUT2D eigenvalue weighted by atomic mass is 10.2. The van der Waals surface area contributed by atoms with Crippen molar-refractivity contribution in [2.45, 2.75) is 6.54 Å². The molecule has 0 spiro atoms. The van der Waals surface area contributed by atoms with E-state index in [9.17, 15) is 4.79 Å². The molecule has 5 nitrogen and oxygen atoms in total. The number of hydrogen-bond donors (Lipinski definition) is 0. The van der Waals surface area contributed by atoms with Gasteiger partial charge in [0.05, 0.1) is 17.9 Å². The first-order valence-corrected chi connectivity index (χ1v) is 8.33. The molecular weight excluding hydrogens is 363 g/mol. The van der Waals surface area contributed by atoms with Crippen molar-refractivity contribution in [2.24, 2.45) is 0 Å². The molecule has 0 unspecified atom stereocenters. The molecule has 0 saturated carbocycles. The fourth-order valence-electron chi connectivity index (χ4n) is 2.62. The largest absolute Gasteiger partial charge is 0.490 e. The van der Waals surface area contributed by atoms with E-state index in [1.807, 2.05) is 24.3 Å². The van der Waals surface area contributed by atoms with E-state index in [2.05, 4.69) is 4.98 Å². The Kier molecular flexibility index (Phi) is 4.11. The van der Waals surface area contributed by atoms with Gasteiger partial charge in [-0.05, 0) is 24.3 Å². The predicted molar refractivity (Wildman–Crippen MR) is 97.7 cm³/mol. The zero-order chi connectivity index (χ0) is 17.4. The van der Waals surface area contributed by atoms with Crippen LogP contribution < -0.4 is 10.3 Å². The Morgan fingerprint density at radius 1 is 1.16 bits per heavy atom. The van der Waals surface area contributed by atoms with Gasteiger partial charge >= 0.3 is 0 Å². The minimum Gasteiger partial charge on any atom is -0.490 e. The summed E-state index contributed by atoms with van der Waals surface area (Å²) in [6.45, 7) is 0.551. The van der Waals surface area contributed by atoms with Gasteiger partial charge in [0, 0.05) is 16.5 Å². The van der Waals surface area contributed by atoms with Gasteiger partial charge in [0.25, 0.3) is 5.56 Å². The Bertz CT molecular complexity index is 1130. The SMILES string of the molecule is O=c1c2oc3ccccc3c2ncn1CCOc1cc(Cl)ccc1Cl. The van der Waals surface area contributed by atoms with E-state index in [0.29, 0.717) is 33.4 Å². The van der Waals surface area contributed by atoms with Gasteiger partial charge in [0.1, 0.15) is 23.5 Å². The monoisotopic (exact) mass is 374 g/mol. The number of aromatic nitrogens is 2. The second-order valence-electron chi connectivity index (χ2n) is 5.44. The van der Waals surface area contributed by atoms with Crippen LogP contribution in [0.5, 0.6) is 5.75 Å². The number of fused-ring (bicyclic) bond motifs is 3. The molecule has 0 aliphatic rings. The average molecular weight is 375 g/mol. The topological polar surface area (TPSA) is 57.3 Å². The lowest BCUT2D eigenvalue weighted by molar-refractivity contribution is 0.296. The van der Waals surface area contributed by atoms with Crippen LogP contribution in [0.1, 0.15) is 0 Å². The molecule has 0 N–H and O–H groups in total. The molecule has 0 atom stereocenters. The maximum absolute atomic E-state index is 12.6. The molecule has 0 aliphatic heterocycles. The van der Waals surface area contributed by atoms with Gasteiger partial charge in [0.15, 0.2) is 0 Å². The average Bonchev–Trinajstić information content (AvgIpc) is 2.99. The minimum absolute atomic E-state index is 0.240. The van der Waals surface area contributed by atoms with Crippen LogP contribution in [0.2, 0.25) is 10.0 Å². The molecule has 2 aromatic carbocycles. The van der Waals surface area contributed by atoms with Gasteiger partial charge < -0.3 is 9.15 Å². The first-order valence-electron chi connectivity index (χ1n) is 7.58. The summed E-state index contributed by atoms with van der Waals surface area (Å²) in [6, 6.07) is 12.4. The summed E-state index contributed by atoms with van der Waals surface area (Å²) in [7, 11) is 0. The second kappa shape index (κ2) is 6.43. The summed E-state index contributed by atoms with van der Waals surface area (Å²) in [5.74, 6) is 0.472. The van der Waals surface area contributed by atoms with Crippen molar-refractivity contribution in [3.8, 4) is 5.75 Å². The molecule has 4 rings (SSSR count). The molecule has 0 fully saturated rings. The van der Waals surface area contributed by atoms with Gasteiger partial charge in [-0.2, -0.15) is 0 Å². The van der Waals surface area contributed by atoms with E-state index in [1.54, 1.807) is 18.2 Å². The van der Waals surface area contributed by atoms with Crippen LogP contribution in [0, 0.1) is 0 Å². The lowest BCUT2D eigenvalue weighted by Gasteiger charge is -2.09. The number of halogens is 2. The highest BCUT2D eigenvalue weighted by Gasteiger charge is 2.13. The number of hydrogen-bond acceptors (Lipinski definition) is 4. The summed E-state index contributed by atoms with van der Waals surface area (Å²) in [5.41, 5.74) is 1.20. The van der Waals surface area contributed by atoms with E-state index in [1.165, 1.54) is 10.9 Å². The Morgan fingerprint density at radius 2 is 2.00 bits per heavy atom. The van der Waals surface area contributed by atoms with E-state index in [-0.39, 0.29) is 17.7 Å². The maximum Gasteiger partial charge on any atom is 0.297 e. The summed E-state index contributed by atoms with van der Waals surface area (Å²) < 4.78 is 12.7. The highest BCUT2D eigenvalue weighted by molar-refractivity contribution is 6.34. The fraction of sp³-hybridized carbons (Fsp3) is 0.111. The summed E-state index contributed by atoms with van der Waals surface area (Å²) in [4.78, 5) is 16.9. The number of benzene rings is 2. The van der Waals surface area contributed by atoms with Gasteiger partial charge in [0.2, 0.25) is 5.58 Å². The number of nitrogens with zero attached hydrogens (tertiary/aromatic N) is 2. The molecule has 0 radical (unpaired) electrons. The molecule has 0 bridgehead atoms. The van der Waals surface area contributed by atoms with Crippen LogP contribution in [-0.4, -0.2) is 16.2 Å². The Balaban J connectivity index is 1.59. The van der Waals surface area contributed by atoms with Crippen molar-refractivity contribution < 1.29 is 9.15 Å². The van der Waals surface area contributed by atoms with Crippen molar-refractivity contribution in [3.63, 3.8) is 0 Å². The van der Waals surface area contributed by atoms with E-state index in [0.717, 1.165) is 5.39 Å². The first kappa shape index (κ1) is 16.0. The lowest BCUT2D eigenvalue weighted by Crippen LogP contribution is -2.23. The summed E-state index contributed by atoms with van der Waals surface area (Å²) >= 11 is 12.0. The molecule has 7 heteroatoms. The molecule has 2 aromatic heterocycles. The molecular formula is C18H12Cl2N2O3. The number of ether oxygens (including phenoxy) is 1. The molecule has 0 saturated heterocycles. The van der Waals surface area contributed by atoms with Crippen molar-refractivity contribution in [1.29, 1.82) is 0 Å². The zero-order valence-corrected chi connectivity index (χ0v) is 14.4. The van der Waals surface area contributed by atoms with E-state index in [4.69, 9.17) is 32.4 Å². The Labute approximate surface area is 152 Å². The van der Waals surface area contributed by atoms with Crippen molar-refractivity contribution in [1.82, 2.24) is 9.55 Å². The number of rotatable bonds is 4. The van der Waals surface area contributed by atoms with E-state index >= 15 is 0 Å². The van der Waals surface area contributed by atoms with Gasteiger partial charge in [-0.1, -0.05) is 35.3 Å². The quantitative estimate of drug-likeness (QED) is 0.526. The third-order valence-electron chi connectivity index (χ3n) is 3.83. The molecule has 25 heavy (non-hydrogen) atoms. The van der Waals surface area contributed by atoms with Crippen LogP contribution in [0.4, 0.5) is 0 Å². The molecule has 0 amide bonds. The zero-order valence-electron chi connectivity index (χ0n) is 12.9. The molecule has 4 aromatic rings. The highest BCUT2D eigenvalue weighted by Crippen LogP contribution is 2.27. The number of para-hydroxylation sites is 1. The summed E-state index contributed by atoms with van der Waals surface area (Å²) in [5, 5.41) is 1.81. The van der Waals surface area contributed by atoms with Crippen LogP contribution in [0.25, 0.3) is 22.1 Å². The van der Waals surface area contributed by atoms with E-state index < -0.39 is 0 Å². The maximum atomic E-state index is 12.6. The third-order valence-corrected chi connectivity index (χ3v) is 4.38. The standard InChI is InChI=1S/C18H12Cl2N2O3/c19-11-5-6-13(20)15(9-11)24-8-7-22-10-21-16-12-3-1-2-4-14(12)25-17(16)18(22)23/h1-6,9-10H,7-8H2. The Morgan fingerprint density at radius 3 is 2.88 bits per heavy atom. The van der Waals surface area contributed by atoms with Crippen molar-refractivity contribution in [2.75, 3.05) is 6.61 Å². The number of furan rings is 1. The van der Waals surface area contributed by atoms with Crippen LogP contribution in [0.15, 0.2) is 58.0 Å². The second-order valence-corrected chi connectivity index (χ2v) is 6.29. The van der Waals surface area contributed by atoms with Gasteiger partial charge in [-0.3, -0.25) is 9.36 Å². The Hall–Kier alpha value is -2.50. The summed E-state index contributed by atoms with van der Waals surface area (Å²) in [6.07, 6.45) is 1.50. The van der Waals surface area contributed by atoms with Crippen molar-refractivity contribution in [3.05, 3.63) is 69.2 Å². The molecule has 126 valence electrons. The molecule has 0 aliphatic carbocycles. The third kappa shape index (κ3) is 2.97.